The molecule has 1 amide bonds. The van der Waals surface area contributed by atoms with Crippen LogP contribution in [0.25, 0.3) is 0 Å². The van der Waals surface area contributed by atoms with Crippen LogP contribution in [-0.4, -0.2) is 10.9 Å². The summed E-state index contributed by atoms with van der Waals surface area (Å²) >= 11 is 4.95. The summed E-state index contributed by atoms with van der Waals surface area (Å²) in [4.78, 5) is 12.3. The molecule has 3 nitrogen and oxygen atoms in total. The van der Waals surface area contributed by atoms with Gasteiger partial charge in [0, 0.05) is 12.1 Å². The van der Waals surface area contributed by atoms with Crippen LogP contribution in [0.5, 0.6) is 0 Å². The number of hydrogen-bond donors (Lipinski definition) is 2. The van der Waals surface area contributed by atoms with Crippen LogP contribution in [-0.2, 0) is 17.8 Å². The van der Waals surface area contributed by atoms with Gasteiger partial charge in [0.25, 0.3) is 0 Å². The maximum Gasteiger partial charge on any atom is 0.224 e. The van der Waals surface area contributed by atoms with Crippen molar-refractivity contribution < 1.29 is 4.79 Å². The lowest BCUT2D eigenvalue weighted by Crippen LogP contribution is -2.24. The lowest BCUT2D eigenvalue weighted by atomic mass is 10.1. The molecule has 2 rings (SSSR count). The fraction of sp³-hybridized carbons (Fsp3) is 0.176. The molecule has 2 aromatic carbocycles. The molecule has 4 heteroatoms. The predicted octanol–water partition coefficient (Wildman–Crippen LogP) is 2.49. The summed E-state index contributed by atoms with van der Waals surface area (Å²) < 4.78 is 0. The van der Waals surface area contributed by atoms with Gasteiger partial charge in [-0.3, -0.25) is 4.79 Å². The van der Waals surface area contributed by atoms with Gasteiger partial charge in [0.05, 0.1) is 6.42 Å². The van der Waals surface area contributed by atoms with Crippen molar-refractivity contribution >= 4 is 23.1 Å². The number of rotatable bonds is 5. The summed E-state index contributed by atoms with van der Waals surface area (Å²) in [6, 6.07) is 15.5. The minimum absolute atomic E-state index is 0.000388. The minimum Gasteiger partial charge on any atom is -0.389 e. The van der Waals surface area contributed by atoms with E-state index in [4.69, 9.17) is 18.0 Å². The van der Waals surface area contributed by atoms with Gasteiger partial charge in [0.15, 0.2) is 0 Å². The maximum absolute atomic E-state index is 11.9. The van der Waals surface area contributed by atoms with E-state index in [2.05, 4.69) is 5.32 Å². The van der Waals surface area contributed by atoms with Gasteiger partial charge in [0.2, 0.25) is 5.91 Å². The Labute approximate surface area is 130 Å². The smallest absolute Gasteiger partial charge is 0.224 e. The van der Waals surface area contributed by atoms with E-state index in [-0.39, 0.29) is 5.91 Å². The highest BCUT2D eigenvalue weighted by atomic mass is 32.1. The van der Waals surface area contributed by atoms with E-state index in [9.17, 15) is 4.79 Å². The van der Waals surface area contributed by atoms with Crippen molar-refractivity contribution in [2.75, 3.05) is 0 Å². The second-order valence-corrected chi connectivity index (χ2v) is 5.44. The van der Waals surface area contributed by atoms with E-state index >= 15 is 0 Å². The summed E-state index contributed by atoms with van der Waals surface area (Å²) in [6.45, 7) is 2.50. The van der Waals surface area contributed by atoms with E-state index < -0.39 is 0 Å². The van der Waals surface area contributed by atoms with Crippen molar-refractivity contribution in [3.05, 3.63) is 70.8 Å². The van der Waals surface area contributed by atoms with E-state index in [0.717, 1.165) is 16.7 Å². The van der Waals surface area contributed by atoms with E-state index in [0.29, 0.717) is 18.0 Å². The van der Waals surface area contributed by atoms with E-state index in [1.54, 1.807) is 0 Å². The molecule has 3 N–H and O–H groups in total. The SMILES string of the molecule is Cc1ccc(CC(=O)NCc2cccc(C(N)=S)c2)cc1. The molecule has 0 aliphatic heterocycles. The van der Waals surface area contributed by atoms with E-state index in [1.165, 1.54) is 5.56 Å². The molecular formula is C17H18N2OS. The monoisotopic (exact) mass is 298 g/mol. The second-order valence-electron chi connectivity index (χ2n) is 5.00. The molecule has 0 radical (unpaired) electrons. The number of nitrogens with one attached hydrogen (secondary N) is 1. The third-order valence-corrected chi connectivity index (χ3v) is 3.42. The van der Waals surface area contributed by atoms with Crippen molar-refractivity contribution in [1.29, 1.82) is 0 Å². The van der Waals surface area contributed by atoms with Gasteiger partial charge in [-0.15, -0.1) is 0 Å². The van der Waals surface area contributed by atoms with Gasteiger partial charge in [-0.2, -0.15) is 0 Å². The first kappa shape index (κ1) is 15.2. The number of hydrogen-bond acceptors (Lipinski definition) is 2. The normalized spacial score (nSPS) is 10.1. The summed E-state index contributed by atoms with van der Waals surface area (Å²) in [6.07, 6.45) is 0.384. The number of carbonyl (C=O) groups is 1. The van der Waals surface area contributed by atoms with Gasteiger partial charge in [-0.25, -0.2) is 0 Å². The van der Waals surface area contributed by atoms with Crippen molar-refractivity contribution in [2.45, 2.75) is 19.9 Å². The number of carbonyl (C=O) groups excluding carboxylic acids is 1. The van der Waals surface area contributed by atoms with Gasteiger partial charge < -0.3 is 11.1 Å². The van der Waals surface area contributed by atoms with Crippen LogP contribution in [0.1, 0.15) is 22.3 Å². The van der Waals surface area contributed by atoms with Gasteiger partial charge >= 0.3 is 0 Å². The maximum atomic E-state index is 11.9. The first-order chi connectivity index (χ1) is 10.0. The minimum atomic E-state index is -0.000388. The summed E-state index contributed by atoms with van der Waals surface area (Å²) in [5.74, 6) is -0.000388. The molecule has 0 saturated heterocycles. The first-order valence-corrected chi connectivity index (χ1v) is 7.16. The number of aryl methyl sites for hydroxylation is 1. The largest absolute Gasteiger partial charge is 0.389 e. The Kier molecular flexibility index (Phi) is 5.06. The van der Waals surface area contributed by atoms with Gasteiger partial charge in [-0.1, -0.05) is 60.2 Å². The third kappa shape index (κ3) is 4.68. The van der Waals surface area contributed by atoms with Crippen LogP contribution in [0.15, 0.2) is 48.5 Å². The van der Waals surface area contributed by atoms with Crippen molar-refractivity contribution in [2.24, 2.45) is 5.73 Å². The molecule has 2 aromatic rings. The highest BCUT2D eigenvalue weighted by Crippen LogP contribution is 2.06. The predicted molar refractivity (Wildman–Crippen MR) is 89.1 cm³/mol. The van der Waals surface area contributed by atoms with Crippen molar-refractivity contribution in [1.82, 2.24) is 5.32 Å². The second kappa shape index (κ2) is 6.99. The average molecular weight is 298 g/mol. The van der Waals surface area contributed by atoms with Crippen LogP contribution < -0.4 is 11.1 Å². The molecule has 0 unspecified atom stereocenters. The van der Waals surface area contributed by atoms with Crippen molar-refractivity contribution in [3.8, 4) is 0 Å². The fourth-order valence-electron chi connectivity index (χ4n) is 1.99. The number of thiocarbonyl (C=S) groups is 1. The summed E-state index contributed by atoms with van der Waals surface area (Å²) in [7, 11) is 0. The number of benzene rings is 2. The Morgan fingerprint density at radius 2 is 1.86 bits per heavy atom. The molecule has 0 aliphatic rings. The van der Waals surface area contributed by atoms with E-state index in [1.807, 2.05) is 55.5 Å². The Bertz CT molecular complexity index is 650. The topological polar surface area (TPSA) is 55.1 Å². The Morgan fingerprint density at radius 1 is 1.14 bits per heavy atom. The van der Waals surface area contributed by atoms with Gasteiger partial charge in [0.1, 0.15) is 4.99 Å². The molecule has 21 heavy (non-hydrogen) atoms. The Morgan fingerprint density at radius 3 is 2.52 bits per heavy atom. The molecular weight excluding hydrogens is 280 g/mol. The van der Waals surface area contributed by atoms with Crippen LogP contribution in [0.2, 0.25) is 0 Å². The molecule has 0 heterocycles. The summed E-state index contributed by atoms with van der Waals surface area (Å²) in [5.41, 5.74) is 9.59. The molecule has 0 saturated carbocycles. The average Bonchev–Trinajstić information content (AvgIpc) is 2.48. The zero-order valence-electron chi connectivity index (χ0n) is 11.9. The lowest BCUT2D eigenvalue weighted by molar-refractivity contribution is -0.120. The lowest BCUT2D eigenvalue weighted by Gasteiger charge is -2.07. The van der Waals surface area contributed by atoms with Gasteiger partial charge in [-0.05, 0) is 24.1 Å². The molecule has 0 bridgehead atoms. The molecule has 0 fully saturated rings. The fourth-order valence-corrected chi connectivity index (χ4v) is 2.12. The molecule has 0 aromatic heterocycles. The Balaban J connectivity index is 1.90. The molecule has 108 valence electrons. The highest BCUT2D eigenvalue weighted by Gasteiger charge is 2.04. The molecule has 0 aliphatic carbocycles. The first-order valence-electron chi connectivity index (χ1n) is 6.75. The highest BCUT2D eigenvalue weighted by molar-refractivity contribution is 7.80. The number of amides is 1. The molecule has 0 spiro atoms. The van der Waals surface area contributed by atoms with Crippen LogP contribution in [0, 0.1) is 6.92 Å². The zero-order chi connectivity index (χ0) is 15.2. The van der Waals surface area contributed by atoms with Crippen molar-refractivity contribution in [3.63, 3.8) is 0 Å². The molecule has 0 atom stereocenters. The standard InChI is InChI=1S/C17H18N2OS/c1-12-5-7-13(8-6-12)10-16(20)19-11-14-3-2-4-15(9-14)17(18)21/h2-9H,10-11H2,1H3,(H2,18,21)(H,19,20). The Hall–Kier alpha value is -2.20. The third-order valence-electron chi connectivity index (χ3n) is 3.19. The zero-order valence-corrected chi connectivity index (χ0v) is 12.7. The van der Waals surface area contributed by atoms with Crippen LogP contribution >= 0.6 is 12.2 Å². The van der Waals surface area contributed by atoms with Crippen LogP contribution in [0.3, 0.4) is 0 Å². The quantitative estimate of drug-likeness (QED) is 0.834. The number of nitrogens with two attached hydrogens (primary N) is 1. The van der Waals surface area contributed by atoms with Crippen LogP contribution in [0.4, 0.5) is 0 Å². The summed E-state index contributed by atoms with van der Waals surface area (Å²) in [5, 5.41) is 2.91.